The van der Waals surface area contributed by atoms with Gasteiger partial charge in [0.1, 0.15) is 13.2 Å². The number of carbonyl (C=O) groups is 3. The van der Waals surface area contributed by atoms with Crippen molar-refractivity contribution in [3.63, 3.8) is 0 Å². The Labute approximate surface area is 471 Å². The molecule has 0 bridgehead atoms. The Morgan fingerprint density at radius 3 is 1.04 bits per heavy atom. The van der Waals surface area contributed by atoms with Gasteiger partial charge in [-0.1, -0.05) is 295 Å². The van der Waals surface area contributed by atoms with Crippen molar-refractivity contribution in [1.82, 2.24) is 0 Å². The van der Waals surface area contributed by atoms with Crippen LogP contribution >= 0.6 is 0 Å². The number of hydrogen-bond donors (Lipinski definition) is 1. The van der Waals surface area contributed by atoms with E-state index in [1.54, 1.807) is 0 Å². The predicted octanol–water partition coefficient (Wildman–Crippen LogP) is 19.9. The molecule has 0 aliphatic heterocycles. The number of ether oxygens (including phenoxy) is 4. The van der Waals surface area contributed by atoms with E-state index < -0.39 is 18.4 Å². The fourth-order valence-corrected chi connectivity index (χ4v) is 9.87. The van der Waals surface area contributed by atoms with Crippen LogP contribution in [0.25, 0.3) is 0 Å². The topological polar surface area (TPSA) is 108 Å². The number of nitrogens with zero attached hydrogens (tertiary/aromatic N) is 1. The van der Waals surface area contributed by atoms with Crippen molar-refractivity contribution >= 4 is 17.9 Å². The first-order valence-electron chi connectivity index (χ1n) is 33.0. The standard InChI is InChI=1S/C67H127NO8/c1-6-8-10-12-14-16-18-20-22-23-24-25-26-27-28-29-30-31-32-33-34-35-36-37-38-39-40-41-42-43-44-46-48-50-52-54-56-58-65(70)76-63(62-75-67(66(71)72)73-60-59-68(3,4)5)61-74-64(69)57-55-53-51-49-47-45-21-19-17-15-13-11-9-7-2/h18,20,23-24,63,67H,6-17,19,21-22,25-62H2,1-5H3/p+1/b20-18-,24-23-. The SMILES string of the molecule is CCCCCCC/C=C\C/C=C\CCCCCCCCCCCCCCCCCCCCCCCCCCCC(=O)OC(COC(=O)CCCCCCCCCCCCCCCC)COC(OCC[N+](C)(C)C)C(=O)O. The van der Waals surface area contributed by atoms with Gasteiger partial charge in [-0.2, -0.15) is 0 Å². The third kappa shape index (κ3) is 59.4. The molecule has 9 heteroatoms. The summed E-state index contributed by atoms with van der Waals surface area (Å²) in [7, 11) is 5.98. The molecular weight excluding hydrogens is 947 g/mol. The second-order valence-corrected chi connectivity index (χ2v) is 23.8. The number of esters is 2. The molecule has 0 aromatic carbocycles. The van der Waals surface area contributed by atoms with Gasteiger partial charge in [-0.25, -0.2) is 4.79 Å². The molecule has 0 radical (unpaired) electrons. The predicted molar refractivity (Wildman–Crippen MR) is 323 cm³/mol. The zero-order valence-corrected chi connectivity index (χ0v) is 51.2. The first kappa shape index (κ1) is 73.8. The molecule has 2 unspecified atom stereocenters. The van der Waals surface area contributed by atoms with E-state index in [0.717, 1.165) is 44.9 Å². The maximum Gasteiger partial charge on any atom is 0.361 e. The zero-order chi connectivity index (χ0) is 55.5. The lowest BCUT2D eigenvalue weighted by Crippen LogP contribution is -2.40. The zero-order valence-electron chi connectivity index (χ0n) is 51.2. The van der Waals surface area contributed by atoms with E-state index in [1.165, 1.54) is 257 Å². The number of unbranched alkanes of at least 4 members (excludes halogenated alkanes) is 43. The molecular formula is C67H128NO8+. The van der Waals surface area contributed by atoms with Gasteiger partial charge in [-0.05, 0) is 44.9 Å². The molecule has 0 aliphatic rings. The van der Waals surface area contributed by atoms with Crippen LogP contribution in [0.5, 0.6) is 0 Å². The number of carboxylic acid groups (broad SMARTS) is 1. The molecule has 0 aromatic rings. The van der Waals surface area contributed by atoms with Crippen molar-refractivity contribution in [3.8, 4) is 0 Å². The highest BCUT2D eigenvalue weighted by Crippen LogP contribution is 2.18. The van der Waals surface area contributed by atoms with Gasteiger partial charge < -0.3 is 28.5 Å². The van der Waals surface area contributed by atoms with Gasteiger partial charge in [-0.15, -0.1) is 0 Å². The third-order valence-electron chi connectivity index (χ3n) is 15.0. The largest absolute Gasteiger partial charge is 0.477 e. The summed E-state index contributed by atoms with van der Waals surface area (Å²) in [5, 5.41) is 9.71. The molecule has 0 spiro atoms. The highest BCUT2D eigenvalue weighted by atomic mass is 16.7. The van der Waals surface area contributed by atoms with Crippen LogP contribution in [-0.4, -0.2) is 87.4 Å². The van der Waals surface area contributed by atoms with Crippen molar-refractivity contribution in [3.05, 3.63) is 24.3 Å². The number of carboxylic acids is 1. The van der Waals surface area contributed by atoms with E-state index in [4.69, 9.17) is 18.9 Å². The average molecular weight is 1080 g/mol. The van der Waals surface area contributed by atoms with Crippen molar-refractivity contribution in [2.75, 3.05) is 47.5 Å². The minimum atomic E-state index is -1.50. The number of likely N-dealkylation sites (N-methyl/N-ethyl adjacent to an activating group) is 1. The molecule has 76 heavy (non-hydrogen) atoms. The summed E-state index contributed by atoms with van der Waals surface area (Å²) in [5.74, 6) is -1.98. The van der Waals surface area contributed by atoms with Crippen LogP contribution in [0.15, 0.2) is 24.3 Å². The Bertz CT molecular complexity index is 1300. The number of hydrogen-bond acceptors (Lipinski definition) is 7. The molecule has 0 rings (SSSR count). The van der Waals surface area contributed by atoms with Gasteiger partial charge in [0.15, 0.2) is 6.10 Å². The van der Waals surface area contributed by atoms with Crippen LogP contribution in [0.3, 0.4) is 0 Å². The normalized spacial score (nSPS) is 12.8. The highest BCUT2D eigenvalue weighted by Gasteiger charge is 2.25. The first-order chi connectivity index (χ1) is 37.1. The summed E-state index contributed by atoms with van der Waals surface area (Å²) >= 11 is 0. The molecule has 0 heterocycles. The first-order valence-corrected chi connectivity index (χ1v) is 33.0. The van der Waals surface area contributed by atoms with E-state index in [0.29, 0.717) is 17.4 Å². The number of allylic oxidation sites excluding steroid dienone is 4. The Morgan fingerprint density at radius 2 is 0.711 bits per heavy atom. The van der Waals surface area contributed by atoms with Crippen LogP contribution in [0.1, 0.15) is 328 Å². The molecule has 0 saturated carbocycles. The minimum absolute atomic E-state index is 0.174. The molecule has 1 N–H and O–H groups in total. The van der Waals surface area contributed by atoms with Gasteiger partial charge in [0, 0.05) is 12.8 Å². The second-order valence-electron chi connectivity index (χ2n) is 23.8. The summed E-state index contributed by atoms with van der Waals surface area (Å²) in [6, 6.07) is 0. The summed E-state index contributed by atoms with van der Waals surface area (Å²) in [4.78, 5) is 37.4. The van der Waals surface area contributed by atoms with Gasteiger partial charge in [0.25, 0.3) is 6.29 Å². The van der Waals surface area contributed by atoms with E-state index in [9.17, 15) is 19.5 Å². The molecule has 9 nitrogen and oxygen atoms in total. The van der Waals surface area contributed by atoms with Gasteiger partial charge in [0.2, 0.25) is 0 Å². The van der Waals surface area contributed by atoms with Gasteiger partial charge in [0.05, 0.1) is 34.4 Å². The summed E-state index contributed by atoms with van der Waals surface area (Å²) in [6.07, 6.45) is 68.7. The number of quaternary nitrogens is 1. The minimum Gasteiger partial charge on any atom is -0.477 e. The molecule has 0 fully saturated rings. The van der Waals surface area contributed by atoms with E-state index in [2.05, 4.69) is 38.2 Å². The summed E-state index contributed by atoms with van der Waals surface area (Å²) < 4.78 is 22.9. The molecule has 0 saturated heterocycles. The summed E-state index contributed by atoms with van der Waals surface area (Å²) in [5.41, 5.74) is 0. The Morgan fingerprint density at radius 1 is 0.395 bits per heavy atom. The Hall–Kier alpha value is -2.23. The lowest BCUT2D eigenvalue weighted by atomic mass is 10.0. The van der Waals surface area contributed by atoms with Crippen LogP contribution < -0.4 is 0 Å². The fraction of sp³-hybridized carbons (Fsp3) is 0.896. The van der Waals surface area contributed by atoms with Crippen LogP contribution in [0.2, 0.25) is 0 Å². The van der Waals surface area contributed by atoms with Crippen LogP contribution in [0.4, 0.5) is 0 Å². The Kier molecular flexibility index (Phi) is 57.2. The lowest BCUT2D eigenvalue weighted by Gasteiger charge is -2.25. The van der Waals surface area contributed by atoms with Crippen molar-refractivity contribution in [1.29, 1.82) is 0 Å². The quantitative estimate of drug-likeness (QED) is 0.0211. The number of carbonyl (C=O) groups excluding carboxylic acids is 2. The van der Waals surface area contributed by atoms with Gasteiger partial charge in [-0.3, -0.25) is 9.59 Å². The van der Waals surface area contributed by atoms with Crippen LogP contribution in [0, 0.1) is 0 Å². The third-order valence-corrected chi connectivity index (χ3v) is 15.0. The molecule has 2 atom stereocenters. The van der Waals surface area contributed by atoms with Crippen molar-refractivity contribution in [2.45, 2.75) is 341 Å². The maximum atomic E-state index is 12.9. The fourth-order valence-electron chi connectivity index (χ4n) is 9.87. The van der Waals surface area contributed by atoms with Crippen LogP contribution in [-0.2, 0) is 33.3 Å². The summed E-state index contributed by atoms with van der Waals surface area (Å²) in [6.45, 7) is 4.92. The smallest absolute Gasteiger partial charge is 0.361 e. The molecule has 0 amide bonds. The van der Waals surface area contributed by atoms with Crippen molar-refractivity contribution < 1.29 is 42.9 Å². The second kappa shape index (κ2) is 58.9. The van der Waals surface area contributed by atoms with Gasteiger partial charge >= 0.3 is 17.9 Å². The number of aliphatic carboxylic acids is 1. The van der Waals surface area contributed by atoms with E-state index in [1.807, 2.05) is 21.1 Å². The Balaban J connectivity index is 3.95. The maximum absolute atomic E-state index is 12.9. The number of rotatable bonds is 62. The average Bonchev–Trinajstić information content (AvgIpc) is 3.39. The lowest BCUT2D eigenvalue weighted by molar-refractivity contribution is -0.870. The molecule has 448 valence electrons. The molecule has 0 aromatic heterocycles. The highest BCUT2D eigenvalue weighted by molar-refractivity contribution is 5.71. The van der Waals surface area contributed by atoms with E-state index in [-0.39, 0.29) is 38.2 Å². The van der Waals surface area contributed by atoms with E-state index >= 15 is 0 Å². The monoisotopic (exact) mass is 1070 g/mol. The van der Waals surface area contributed by atoms with Crippen molar-refractivity contribution in [2.24, 2.45) is 0 Å². The molecule has 0 aliphatic carbocycles.